The van der Waals surface area contributed by atoms with E-state index in [0.29, 0.717) is 26.2 Å². The number of benzene rings is 4. The van der Waals surface area contributed by atoms with E-state index in [4.69, 9.17) is 4.74 Å². The van der Waals surface area contributed by atoms with Crippen molar-refractivity contribution in [3.63, 3.8) is 0 Å². The molecule has 10 heteroatoms. The number of halogens is 6. The fraction of sp³-hybridized carbons (Fsp3) is 0.143. The SMILES string of the molecule is Cc1ccc(Oc2ccc(C)cc2[S+](c2ccc(OC(F)(F)F)cc2)c2ccc(OC(F)(F)F)cc2)cc1. The molecule has 0 unspecified atom stereocenters. The van der Waals surface area contributed by atoms with Gasteiger partial charge in [-0.05, 0) is 86.1 Å². The summed E-state index contributed by atoms with van der Waals surface area (Å²) in [5.74, 6) is 0.291. The Bertz CT molecular complexity index is 1310. The molecule has 0 N–H and O–H groups in total. The maximum Gasteiger partial charge on any atom is 0.573 e. The molecule has 4 rings (SSSR count). The van der Waals surface area contributed by atoms with Gasteiger partial charge in [-0.2, -0.15) is 0 Å². The molecule has 0 fully saturated rings. The van der Waals surface area contributed by atoms with Gasteiger partial charge in [-0.25, -0.2) is 0 Å². The van der Waals surface area contributed by atoms with E-state index in [9.17, 15) is 26.3 Å². The minimum Gasteiger partial charge on any atom is -0.452 e. The second-order valence-corrected chi connectivity index (χ2v) is 10.2. The number of hydrogen-bond donors (Lipinski definition) is 0. The topological polar surface area (TPSA) is 27.7 Å². The molecule has 4 aromatic rings. The van der Waals surface area contributed by atoms with Gasteiger partial charge in [0.1, 0.15) is 28.1 Å². The van der Waals surface area contributed by atoms with Crippen molar-refractivity contribution in [3.8, 4) is 23.0 Å². The van der Waals surface area contributed by atoms with E-state index in [1.165, 1.54) is 48.5 Å². The zero-order valence-corrected chi connectivity index (χ0v) is 20.9. The smallest absolute Gasteiger partial charge is 0.452 e. The molecule has 0 radical (unpaired) electrons. The zero-order valence-electron chi connectivity index (χ0n) is 20.1. The molecule has 198 valence electrons. The van der Waals surface area contributed by atoms with Crippen LogP contribution in [0.4, 0.5) is 26.3 Å². The molecule has 0 bridgehead atoms. The highest BCUT2D eigenvalue weighted by atomic mass is 32.2. The van der Waals surface area contributed by atoms with Crippen molar-refractivity contribution in [3.05, 3.63) is 102 Å². The van der Waals surface area contributed by atoms with Crippen LogP contribution in [0.25, 0.3) is 0 Å². The summed E-state index contributed by atoms with van der Waals surface area (Å²) in [5, 5.41) is 0. The quantitative estimate of drug-likeness (QED) is 0.170. The minimum atomic E-state index is -4.84. The summed E-state index contributed by atoms with van der Waals surface area (Å²) in [4.78, 5) is 1.89. The van der Waals surface area contributed by atoms with Crippen LogP contribution in [0.1, 0.15) is 11.1 Å². The van der Waals surface area contributed by atoms with Gasteiger partial charge >= 0.3 is 12.7 Å². The highest BCUT2D eigenvalue weighted by Crippen LogP contribution is 2.40. The van der Waals surface area contributed by atoms with Gasteiger partial charge in [0.05, 0.1) is 0 Å². The molecule has 0 aliphatic rings. The monoisotopic (exact) mass is 551 g/mol. The average Bonchev–Trinajstić information content (AvgIpc) is 2.82. The van der Waals surface area contributed by atoms with Gasteiger partial charge in [-0.1, -0.05) is 23.8 Å². The summed E-state index contributed by atoms with van der Waals surface area (Å²) in [6, 6.07) is 23.7. The Hall–Kier alpha value is -3.79. The molecule has 0 heterocycles. The minimum absolute atomic E-state index is 0.390. The normalized spacial score (nSPS) is 11.9. The fourth-order valence-electron chi connectivity index (χ4n) is 3.54. The third kappa shape index (κ3) is 7.38. The average molecular weight is 552 g/mol. The fourth-order valence-corrected chi connectivity index (χ4v) is 5.75. The van der Waals surface area contributed by atoms with Crippen molar-refractivity contribution in [1.29, 1.82) is 0 Å². The molecule has 0 spiro atoms. The highest BCUT2D eigenvalue weighted by molar-refractivity contribution is 7.97. The Kier molecular flexibility index (Phi) is 7.82. The number of aryl methyl sites for hydroxylation is 2. The first kappa shape index (κ1) is 27.3. The number of ether oxygens (including phenoxy) is 3. The van der Waals surface area contributed by atoms with Crippen LogP contribution in [0.5, 0.6) is 23.0 Å². The maximum atomic E-state index is 12.7. The third-order valence-corrected chi connectivity index (χ3v) is 7.40. The standard InChI is InChI=1S/C28H21F6O3S/c1-18-3-6-20(7-4-18)35-25-16-5-19(2)17-26(25)38(23-12-8-21(9-13-23)36-27(29,30)31)24-14-10-22(11-15-24)37-28(32,33)34/h3-17H,1-2H3/q+1. The van der Waals surface area contributed by atoms with Crippen LogP contribution in [-0.4, -0.2) is 12.7 Å². The van der Waals surface area contributed by atoms with Crippen LogP contribution in [0.3, 0.4) is 0 Å². The number of rotatable bonds is 7. The molecule has 0 aliphatic heterocycles. The Morgan fingerprint density at radius 2 is 0.947 bits per heavy atom. The lowest BCUT2D eigenvalue weighted by Crippen LogP contribution is -2.17. The Labute approximate surface area is 217 Å². The summed E-state index contributed by atoms with van der Waals surface area (Å²) < 4.78 is 90.3. The Morgan fingerprint density at radius 3 is 1.39 bits per heavy atom. The molecule has 38 heavy (non-hydrogen) atoms. The van der Waals surface area contributed by atoms with Crippen LogP contribution < -0.4 is 14.2 Å². The molecular formula is C28H21F6O3S+. The Morgan fingerprint density at radius 1 is 0.526 bits per heavy atom. The lowest BCUT2D eigenvalue weighted by Gasteiger charge is -2.15. The van der Waals surface area contributed by atoms with E-state index in [1.807, 2.05) is 50.2 Å². The van der Waals surface area contributed by atoms with Crippen LogP contribution >= 0.6 is 0 Å². The van der Waals surface area contributed by atoms with E-state index in [2.05, 4.69) is 9.47 Å². The lowest BCUT2D eigenvalue weighted by molar-refractivity contribution is -0.275. The summed E-state index contributed by atoms with van der Waals surface area (Å²) >= 11 is 0. The molecule has 0 saturated heterocycles. The second kappa shape index (κ2) is 10.9. The van der Waals surface area contributed by atoms with Crippen LogP contribution in [-0.2, 0) is 10.9 Å². The highest BCUT2D eigenvalue weighted by Gasteiger charge is 2.35. The van der Waals surface area contributed by atoms with E-state index in [1.54, 1.807) is 6.07 Å². The van der Waals surface area contributed by atoms with Gasteiger partial charge in [0.2, 0.25) is 4.90 Å². The molecule has 0 atom stereocenters. The van der Waals surface area contributed by atoms with Crippen LogP contribution in [0.15, 0.2) is 106 Å². The van der Waals surface area contributed by atoms with Gasteiger partial charge < -0.3 is 14.2 Å². The van der Waals surface area contributed by atoms with Gasteiger partial charge in [-0.3, -0.25) is 0 Å². The summed E-state index contributed by atoms with van der Waals surface area (Å²) in [6.45, 7) is 3.82. The molecular weight excluding hydrogens is 530 g/mol. The number of hydrogen-bond acceptors (Lipinski definition) is 3. The predicted molar refractivity (Wildman–Crippen MR) is 131 cm³/mol. The second-order valence-electron chi connectivity index (χ2n) is 8.21. The molecule has 4 aromatic carbocycles. The molecule has 0 saturated carbocycles. The van der Waals surface area contributed by atoms with Crippen molar-refractivity contribution < 1.29 is 40.6 Å². The first-order valence-corrected chi connectivity index (χ1v) is 12.4. The summed E-state index contributed by atoms with van der Waals surface area (Å²) in [6.07, 6.45) is -9.69. The molecule has 0 aliphatic carbocycles. The van der Waals surface area contributed by atoms with Crippen molar-refractivity contribution in [2.75, 3.05) is 0 Å². The summed E-state index contributed by atoms with van der Waals surface area (Å²) in [5.41, 5.74) is 1.94. The molecule has 0 amide bonds. The van der Waals surface area contributed by atoms with E-state index in [-0.39, 0.29) is 11.5 Å². The van der Waals surface area contributed by atoms with Crippen LogP contribution in [0.2, 0.25) is 0 Å². The van der Waals surface area contributed by atoms with Crippen molar-refractivity contribution in [2.24, 2.45) is 0 Å². The van der Waals surface area contributed by atoms with Crippen molar-refractivity contribution >= 4 is 10.9 Å². The van der Waals surface area contributed by atoms with Crippen molar-refractivity contribution in [2.45, 2.75) is 41.3 Å². The molecule has 3 nitrogen and oxygen atoms in total. The van der Waals surface area contributed by atoms with E-state index in [0.717, 1.165) is 11.1 Å². The molecule has 0 aromatic heterocycles. The first-order valence-electron chi connectivity index (χ1n) is 11.2. The van der Waals surface area contributed by atoms with Gasteiger partial charge in [-0.15, -0.1) is 26.3 Å². The predicted octanol–water partition coefficient (Wildman–Crippen LogP) is 8.99. The van der Waals surface area contributed by atoms with Gasteiger partial charge in [0, 0.05) is 6.07 Å². The first-order chi connectivity index (χ1) is 17.9. The van der Waals surface area contributed by atoms with E-state index >= 15 is 0 Å². The third-order valence-electron chi connectivity index (χ3n) is 5.15. The summed E-state index contributed by atoms with van der Waals surface area (Å²) in [7, 11) is -0.976. The van der Waals surface area contributed by atoms with Crippen molar-refractivity contribution in [1.82, 2.24) is 0 Å². The largest absolute Gasteiger partial charge is 0.573 e. The van der Waals surface area contributed by atoms with E-state index < -0.39 is 23.6 Å². The zero-order chi connectivity index (χ0) is 27.5. The maximum absolute atomic E-state index is 12.7. The van der Waals surface area contributed by atoms with Gasteiger partial charge in [0.25, 0.3) is 0 Å². The Balaban J connectivity index is 1.79. The van der Waals surface area contributed by atoms with Crippen LogP contribution in [0, 0.1) is 13.8 Å². The lowest BCUT2D eigenvalue weighted by atomic mass is 10.2. The number of alkyl halides is 6. The van der Waals surface area contributed by atoms with Gasteiger partial charge in [0.15, 0.2) is 15.5 Å².